The van der Waals surface area contributed by atoms with Gasteiger partial charge in [0, 0.05) is 30.2 Å². The summed E-state index contributed by atoms with van der Waals surface area (Å²) in [7, 11) is 0. The van der Waals surface area contributed by atoms with E-state index < -0.39 is 23.3 Å². The Bertz CT molecular complexity index is 1510. The van der Waals surface area contributed by atoms with Crippen molar-refractivity contribution < 1.29 is 31.6 Å². The van der Waals surface area contributed by atoms with Gasteiger partial charge in [0.05, 0.1) is 37.6 Å². The van der Waals surface area contributed by atoms with Gasteiger partial charge in [-0.15, -0.1) is 0 Å². The molecule has 1 aliphatic heterocycles. The van der Waals surface area contributed by atoms with Crippen LogP contribution in [0.1, 0.15) is 30.2 Å². The first-order valence-electron chi connectivity index (χ1n) is 12.0. The molecule has 1 saturated carbocycles. The normalized spacial score (nSPS) is 16.5. The van der Waals surface area contributed by atoms with Crippen LogP contribution in [-0.2, 0) is 21.4 Å². The van der Waals surface area contributed by atoms with Crippen molar-refractivity contribution in [3.8, 4) is 11.1 Å². The van der Waals surface area contributed by atoms with E-state index in [0.29, 0.717) is 30.3 Å². The SMILES string of the molecule is O=C(Cc1ccc(-c2cnc(Nc3cnn(C4COC4)c3)nc2)cc1F)Nc1cc(C2(C(F)(F)F)CC2)on1. The predicted molar refractivity (Wildman–Crippen MR) is 129 cm³/mol. The molecular weight excluding hydrogens is 522 g/mol. The smallest absolute Gasteiger partial charge is 0.377 e. The number of ether oxygens (including phenoxy) is 1. The molecular formula is C25H21F4N7O3. The van der Waals surface area contributed by atoms with Gasteiger partial charge < -0.3 is 19.9 Å². The highest BCUT2D eigenvalue weighted by molar-refractivity contribution is 5.91. The molecule has 0 atom stereocenters. The van der Waals surface area contributed by atoms with Crippen LogP contribution < -0.4 is 10.6 Å². The summed E-state index contributed by atoms with van der Waals surface area (Å²) in [6.07, 6.45) is 1.57. The van der Waals surface area contributed by atoms with E-state index in [1.54, 1.807) is 12.3 Å². The fraction of sp³-hybridized carbons (Fsp3) is 0.320. The largest absolute Gasteiger partial charge is 0.401 e. The average molecular weight is 543 g/mol. The maximum Gasteiger partial charge on any atom is 0.401 e. The lowest BCUT2D eigenvalue weighted by Gasteiger charge is -2.25. The molecule has 1 amide bonds. The van der Waals surface area contributed by atoms with Crippen molar-refractivity contribution in [3.63, 3.8) is 0 Å². The van der Waals surface area contributed by atoms with E-state index in [2.05, 4.69) is 30.9 Å². The third kappa shape index (κ3) is 4.94. The number of hydrogen-bond acceptors (Lipinski definition) is 8. The lowest BCUT2D eigenvalue weighted by atomic mass is 10.0. The molecule has 1 saturated heterocycles. The summed E-state index contributed by atoms with van der Waals surface area (Å²) in [6, 6.07) is 5.61. The number of benzene rings is 1. The van der Waals surface area contributed by atoms with Gasteiger partial charge in [-0.05, 0) is 30.0 Å². The first-order valence-corrected chi connectivity index (χ1v) is 12.0. The Morgan fingerprint density at radius 2 is 1.87 bits per heavy atom. The van der Waals surface area contributed by atoms with Crippen molar-refractivity contribution in [2.24, 2.45) is 0 Å². The van der Waals surface area contributed by atoms with Crippen LogP contribution in [0.15, 0.2) is 53.6 Å². The maximum atomic E-state index is 14.8. The van der Waals surface area contributed by atoms with Crippen molar-refractivity contribution >= 4 is 23.4 Å². The minimum atomic E-state index is -4.46. The highest BCUT2D eigenvalue weighted by atomic mass is 19.4. The van der Waals surface area contributed by atoms with Gasteiger partial charge in [0.1, 0.15) is 11.2 Å². The molecule has 4 heterocycles. The Kier molecular flexibility index (Phi) is 6.05. The molecule has 2 aliphatic rings. The lowest BCUT2D eigenvalue weighted by Crippen LogP contribution is -2.30. The van der Waals surface area contributed by atoms with Crippen LogP contribution in [0.2, 0.25) is 0 Å². The Morgan fingerprint density at radius 3 is 2.51 bits per heavy atom. The summed E-state index contributed by atoms with van der Waals surface area (Å²) in [6.45, 7) is 1.25. The van der Waals surface area contributed by atoms with Gasteiger partial charge >= 0.3 is 6.18 Å². The third-order valence-corrected chi connectivity index (χ3v) is 6.78. The standard InChI is InChI=1S/C25H21F4N7O3/c26-19-5-14(16-8-30-23(31-9-16)33-17-10-32-36(11-17)18-12-38-13-18)1-2-15(19)6-22(37)34-21-7-20(39-35-21)24(3-4-24)25(27,28)29/h1-2,5,7-11,18H,3-4,6,12-13H2,(H,30,31,33)(H,34,35,37). The van der Waals surface area contributed by atoms with Crippen molar-refractivity contribution in [3.05, 3.63) is 66.2 Å². The average Bonchev–Trinajstić information content (AvgIpc) is 3.38. The van der Waals surface area contributed by atoms with Crippen LogP contribution in [0.3, 0.4) is 0 Å². The summed E-state index contributed by atoms with van der Waals surface area (Å²) >= 11 is 0. The van der Waals surface area contributed by atoms with Crippen LogP contribution in [0, 0.1) is 5.82 Å². The first kappa shape index (κ1) is 25.0. The van der Waals surface area contributed by atoms with Crippen LogP contribution in [0.25, 0.3) is 11.1 Å². The molecule has 4 aromatic rings. The second-order valence-electron chi connectivity index (χ2n) is 9.51. The zero-order chi connectivity index (χ0) is 27.2. The van der Waals surface area contributed by atoms with Gasteiger partial charge in [-0.1, -0.05) is 17.3 Å². The number of anilines is 3. The van der Waals surface area contributed by atoms with Gasteiger partial charge in [-0.25, -0.2) is 14.4 Å². The fourth-order valence-electron chi connectivity index (χ4n) is 4.23. The molecule has 2 N–H and O–H groups in total. The second-order valence-corrected chi connectivity index (χ2v) is 9.51. The van der Waals surface area contributed by atoms with E-state index in [1.807, 2.05) is 10.9 Å². The van der Waals surface area contributed by atoms with Crippen molar-refractivity contribution in [2.45, 2.75) is 36.9 Å². The van der Waals surface area contributed by atoms with Crippen molar-refractivity contribution in [2.75, 3.05) is 23.8 Å². The summed E-state index contributed by atoms with van der Waals surface area (Å²) in [5.74, 6) is -1.44. The minimum Gasteiger partial charge on any atom is -0.377 e. The molecule has 0 spiro atoms. The van der Waals surface area contributed by atoms with Gasteiger partial charge in [0.25, 0.3) is 0 Å². The topological polar surface area (TPSA) is 120 Å². The molecule has 1 aromatic carbocycles. The maximum absolute atomic E-state index is 14.8. The van der Waals surface area contributed by atoms with E-state index in [4.69, 9.17) is 9.26 Å². The molecule has 1 aliphatic carbocycles. The Morgan fingerprint density at radius 1 is 1.10 bits per heavy atom. The van der Waals surface area contributed by atoms with E-state index in [0.717, 1.165) is 11.8 Å². The highest BCUT2D eigenvalue weighted by Crippen LogP contribution is 2.59. The van der Waals surface area contributed by atoms with Gasteiger partial charge in [0.15, 0.2) is 11.6 Å². The zero-order valence-electron chi connectivity index (χ0n) is 20.2. The summed E-state index contributed by atoms with van der Waals surface area (Å²) in [4.78, 5) is 20.9. The summed E-state index contributed by atoms with van der Waals surface area (Å²) in [5.41, 5.74) is -0.160. The molecule has 10 nitrogen and oxygen atoms in total. The molecule has 0 bridgehead atoms. The van der Waals surface area contributed by atoms with Gasteiger partial charge in [-0.3, -0.25) is 9.48 Å². The molecule has 6 rings (SSSR count). The minimum absolute atomic E-state index is 0.0941. The number of carbonyl (C=O) groups is 1. The fourth-order valence-corrected chi connectivity index (χ4v) is 4.23. The number of nitrogens with one attached hydrogen (secondary N) is 2. The molecule has 2 fully saturated rings. The summed E-state index contributed by atoms with van der Waals surface area (Å²) < 4.78 is 66.4. The number of carbonyl (C=O) groups excluding carboxylic acids is 1. The van der Waals surface area contributed by atoms with E-state index >= 15 is 0 Å². The molecule has 39 heavy (non-hydrogen) atoms. The molecule has 3 aromatic heterocycles. The third-order valence-electron chi connectivity index (χ3n) is 6.78. The second kappa shape index (κ2) is 9.45. The van der Waals surface area contributed by atoms with Crippen LogP contribution in [-0.4, -0.2) is 50.2 Å². The molecule has 14 heteroatoms. The van der Waals surface area contributed by atoms with E-state index in [1.165, 1.54) is 24.5 Å². The van der Waals surface area contributed by atoms with Crippen LogP contribution in [0.5, 0.6) is 0 Å². The quantitative estimate of drug-likeness (QED) is 0.311. The molecule has 202 valence electrons. The Hall–Kier alpha value is -4.33. The van der Waals surface area contributed by atoms with Crippen LogP contribution >= 0.6 is 0 Å². The number of hydrogen-bond donors (Lipinski definition) is 2. The first-order chi connectivity index (χ1) is 18.7. The lowest BCUT2D eigenvalue weighted by molar-refractivity contribution is -0.165. The monoisotopic (exact) mass is 543 g/mol. The van der Waals surface area contributed by atoms with E-state index in [-0.39, 0.29) is 42.4 Å². The molecule has 0 radical (unpaired) electrons. The summed E-state index contributed by atoms with van der Waals surface area (Å²) in [5, 5.41) is 13.2. The van der Waals surface area contributed by atoms with Gasteiger partial charge in [-0.2, -0.15) is 18.3 Å². The number of nitrogens with zero attached hydrogens (tertiary/aromatic N) is 5. The van der Waals surface area contributed by atoms with Crippen molar-refractivity contribution in [1.82, 2.24) is 24.9 Å². The zero-order valence-corrected chi connectivity index (χ0v) is 20.2. The van der Waals surface area contributed by atoms with Gasteiger partial charge in [0.2, 0.25) is 11.9 Å². The van der Waals surface area contributed by atoms with Crippen molar-refractivity contribution in [1.29, 1.82) is 0 Å². The molecule has 0 unspecified atom stereocenters. The number of alkyl halides is 3. The van der Waals surface area contributed by atoms with Crippen LogP contribution in [0.4, 0.5) is 35.0 Å². The highest BCUT2D eigenvalue weighted by Gasteiger charge is 2.66. The number of halogens is 4. The number of rotatable bonds is 8. The van der Waals surface area contributed by atoms with E-state index in [9.17, 15) is 22.4 Å². The Labute approximate surface area is 218 Å². The number of aromatic nitrogens is 5. The Balaban J connectivity index is 1.07. The predicted octanol–water partition coefficient (Wildman–Crippen LogP) is 4.56. The number of amides is 1.